The molecular weight excluding hydrogens is 423 g/mol. The minimum Gasteiger partial charge on any atom is -0.495 e. The first-order valence-electron chi connectivity index (χ1n) is 8.19. The number of benzene rings is 2. The number of aromatic amines is 1. The molecule has 1 heterocycles. The lowest BCUT2D eigenvalue weighted by Gasteiger charge is -2.09. The van der Waals surface area contributed by atoms with Crippen molar-refractivity contribution in [1.82, 2.24) is 14.9 Å². The highest BCUT2D eigenvalue weighted by Crippen LogP contribution is 2.29. The Bertz CT molecular complexity index is 1180. The summed E-state index contributed by atoms with van der Waals surface area (Å²) >= 11 is 5.70. The highest BCUT2D eigenvalue weighted by molar-refractivity contribution is 7.89. The predicted octanol–water partition coefficient (Wildman–Crippen LogP) is 3.04. The van der Waals surface area contributed by atoms with Crippen LogP contribution in [0.25, 0.3) is 11.3 Å². The molecule has 0 bridgehead atoms. The van der Waals surface area contributed by atoms with Gasteiger partial charge in [0, 0.05) is 11.3 Å². The number of anilines is 1. The van der Waals surface area contributed by atoms with E-state index in [0.29, 0.717) is 16.9 Å². The number of ether oxygens (including phenoxy) is 1. The van der Waals surface area contributed by atoms with Gasteiger partial charge in [0.05, 0.1) is 17.8 Å². The van der Waals surface area contributed by atoms with Crippen molar-refractivity contribution in [2.45, 2.75) is 4.90 Å². The Labute approximate surface area is 171 Å². The third-order valence-electron chi connectivity index (χ3n) is 4.02. The second-order valence-electron chi connectivity index (χ2n) is 5.82. The average molecular weight is 439 g/mol. The molecule has 0 aliphatic heterocycles. The van der Waals surface area contributed by atoms with Crippen LogP contribution >= 0.6 is 11.6 Å². The molecule has 3 N–H and O–H groups in total. The predicted molar refractivity (Wildman–Crippen MR) is 106 cm³/mol. The fourth-order valence-corrected chi connectivity index (χ4v) is 3.61. The van der Waals surface area contributed by atoms with Gasteiger partial charge in [-0.2, -0.15) is 5.10 Å². The van der Waals surface area contributed by atoms with Crippen LogP contribution in [0.15, 0.2) is 47.4 Å². The molecule has 3 rings (SSSR count). The summed E-state index contributed by atoms with van der Waals surface area (Å²) in [5.41, 5.74) is 1.24. The number of halogens is 2. The topological polar surface area (TPSA) is 113 Å². The van der Waals surface area contributed by atoms with Crippen LogP contribution in [0, 0.1) is 5.82 Å². The molecule has 1 aromatic heterocycles. The molecule has 0 unspecified atom stereocenters. The molecule has 152 valence electrons. The molecule has 0 saturated heterocycles. The third kappa shape index (κ3) is 4.39. The molecule has 0 radical (unpaired) electrons. The van der Waals surface area contributed by atoms with Gasteiger partial charge in [0.1, 0.15) is 22.2 Å². The monoisotopic (exact) mass is 438 g/mol. The van der Waals surface area contributed by atoms with Gasteiger partial charge in [-0.25, -0.2) is 17.5 Å². The first kappa shape index (κ1) is 20.8. The molecule has 0 saturated carbocycles. The highest BCUT2D eigenvalue weighted by Gasteiger charge is 2.20. The van der Waals surface area contributed by atoms with Crippen LogP contribution < -0.4 is 14.8 Å². The fourth-order valence-electron chi connectivity index (χ4n) is 2.51. The Kier molecular flexibility index (Phi) is 5.87. The SMILES string of the molecule is CNS(=O)(=O)c1cc(-c2cc(C(=O)Nc3ccc(F)c(Cl)c3)[nH]n2)ccc1OC. The first-order valence-corrected chi connectivity index (χ1v) is 10.0. The molecular formula is C18H16ClFN4O4S. The lowest BCUT2D eigenvalue weighted by atomic mass is 10.1. The van der Waals surface area contributed by atoms with E-state index in [1.807, 2.05) is 0 Å². The lowest BCUT2D eigenvalue weighted by molar-refractivity contribution is 0.102. The van der Waals surface area contributed by atoms with E-state index in [1.54, 1.807) is 6.07 Å². The van der Waals surface area contributed by atoms with E-state index in [4.69, 9.17) is 16.3 Å². The van der Waals surface area contributed by atoms with Crippen molar-refractivity contribution in [2.75, 3.05) is 19.5 Å². The third-order valence-corrected chi connectivity index (χ3v) is 5.74. The van der Waals surface area contributed by atoms with Gasteiger partial charge in [-0.05, 0) is 49.5 Å². The molecule has 29 heavy (non-hydrogen) atoms. The molecule has 0 aliphatic carbocycles. The maximum absolute atomic E-state index is 13.2. The summed E-state index contributed by atoms with van der Waals surface area (Å²) in [4.78, 5) is 12.3. The zero-order chi connectivity index (χ0) is 21.2. The zero-order valence-corrected chi connectivity index (χ0v) is 16.9. The summed E-state index contributed by atoms with van der Waals surface area (Å²) in [6, 6.07) is 9.75. The van der Waals surface area contributed by atoms with Crippen molar-refractivity contribution >= 4 is 33.2 Å². The van der Waals surface area contributed by atoms with Gasteiger partial charge in [0.15, 0.2) is 0 Å². The van der Waals surface area contributed by atoms with Gasteiger partial charge in [-0.15, -0.1) is 0 Å². The number of carbonyl (C=O) groups excluding carboxylic acids is 1. The number of nitrogens with one attached hydrogen (secondary N) is 3. The quantitative estimate of drug-likeness (QED) is 0.547. The van der Waals surface area contributed by atoms with Crippen molar-refractivity contribution in [3.8, 4) is 17.0 Å². The molecule has 1 amide bonds. The zero-order valence-electron chi connectivity index (χ0n) is 15.3. The van der Waals surface area contributed by atoms with Crippen LogP contribution in [-0.2, 0) is 10.0 Å². The van der Waals surface area contributed by atoms with E-state index in [0.717, 1.165) is 6.07 Å². The molecule has 0 aliphatic rings. The molecule has 11 heteroatoms. The lowest BCUT2D eigenvalue weighted by Crippen LogP contribution is -2.19. The summed E-state index contributed by atoms with van der Waals surface area (Å²) < 4.78 is 45.0. The normalized spacial score (nSPS) is 11.3. The van der Waals surface area contributed by atoms with Crippen molar-refractivity contribution < 1.29 is 22.3 Å². The number of hydrogen-bond donors (Lipinski definition) is 3. The van der Waals surface area contributed by atoms with E-state index < -0.39 is 21.7 Å². The van der Waals surface area contributed by atoms with E-state index in [1.165, 1.54) is 44.5 Å². The van der Waals surface area contributed by atoms with Crippen LogP contribution in [-0.4, -0.2) is 38.7 Å². The number of H-pyrrole nitrogens is 1. The number of aromatic nitrogens is 2. The van der Waals surface area contributed by atoms with Crippen LogP contribution in [0.2, 0.25) is 5.02 Å². The Balaban J connectivity index is 1.88. The maximum atomic E-state index is 13.2. The fraction of sp³-hybridized carbons (Fsp3) is 0.111. The van der Waals surface area contributed by atoms with Gasteiger partial charge in [0.25, 0.3) is 5.91 Å². The molecule has 3 aromatic rings. The number of amides is 1. The number of methoxy groups -OCH3 is 1. The summed E-state index contributed by atoms with van der Waals surface area (Å²) in [5.74, 6) is -0.951. The maximum Gasteiger partial charge on any atom is 0.273 e. The summed E-state index contributed by atoms with van der Waals surface area (Å²) in [6.45, 7) is 0. The van der Waals surface area contributed by atoms with E-state index in [9.17, 15) is 17.6 Å². The van der Waals surface area contributed by atoms with Crippen molar-refractivity contribution in [2.24, 2.45) is 0 Å². The van der Waals surface area contributed by atoms with Crippen molar-refractivity contribution in [1.29, 1.82) is 0 Å². The Morgan fingerprint density at radius 1 is 1.21 bits per heavy atom. The molecule has 8 nitrogen and oxygen atoms in total. The standard InChI is InChI=1S/C18H16ClFN4O4S/c1-21-29(26,27)17-7-10(3-6-16(17)28-2)14-9-15(24-23-14)18(25)22-11-4-5-13(20)12(19)8-11/h3-9,21H,1-2H3,(H,22,25)(H,23,24). The Morgan fingerprint density at radius 3 is 2.62 bits per heavy atom. The summed E-state index contributed by atoms with van der Waals surface area (Å²) in [7, 11) is -1.11. The molecule has 0 fully saturated rings. The van der Waals surface area contributed by atoms with Gasteiger partial charge in [0.2, 0.25) is 10.0 Å². The smallest absolute Gasteiger partial charge is 0.273 e. The number of nitrogens with zero attached hydrogens (tertiary/aromatic N) is 1. The van der Waals surface area contributed by atoms with Crippen LogP contribution in [0.5, 0.6) is 5.75 Å². The first-order chi connectivity index (χ1) is 13.7. The number of sulfonamides is 1. The average Bonchev–Trinajstić information content (AvgIpc) is 3.20. The van der Waals surface area contributed by atoms with Gasteiger partial charge >= 0.3 is 0 Å². The summed E-state index contributed by atoms with van der Waals surface area (Å²) in [6.07, 6.45) is 0. The Hall–Kier alpha value is -2.95. The van der Waals surface area contributed by atoms with E-state index >= 15 is 0 Å². The highest BCUT2D eigenvalue weighted by atomic mass is 35.5. The second-order valence-corrected chi connectivity index (χ2v) is 8.09. The van der Waals surface area contributed by atoms with Gasteiger partial charge in [-0.1, -0.05) is 11.6 Å². The molecule has 0 atom stereocenters. The minimum atomic E-state index is -3.76. The molecule has 2 aromatic carbocycles. The van der Waals surface area contributed by atoms with Gasteiger partial charge < -0.3 is 10.1 Å². The van der Waals surface area contributed by atoms with Gasteiger partial charge in [-0.3, -0.25) is 9.89 Å². The minimum absolute atomic E-state index is 0.0602. The number of carbonyl (C=O) groups is 1. The Morgan fingerprint density at radius 2 is 1.97 bits per heavy atom. The van der Waals surface area contributed by atoms with Crippen molar-refractivity contribution in [3.05, 3.63) is 59.0 Å². The van der Waals surface area contributed by atoms with E-state index in [-0.39, 0.29) is 21.4 Å². The van der Waals surface area contributed by atoms with Crippen molar-refractivity contribution in [3.63, 3.8) is 0 Å². The second kappa shape index (κ2) is 8.19. The summed E-state index contributed by atoms with van der Waals surface area (Å²) in [5, 5.41) is 9.09. The number of rotatable bonds is 6. The molecule has 0 spiro atoms. The largest absolute Gasteiger partial charge is 0.495 e. The van der Waals surface area contributed by atoms with Crippen LogP contribution in [0.3, 0.4) is 0 Å². The van der Waals surface area contributed by atoms with Crippen LogP contribution in [0.4, 0.5) is 10.1 Å². The number of hydrogen-bond acceptors (Lipinski definition) is 5. The van der Waals surface area contributed by atoms with E-state index in [2.05, 4.69) is 20.2 Å². The van der Waals surface area contributed by atoms with Crippen LogP contribution in [0.1, 0.15) is 10.5 Å².